The predicted octanol–water partition coefficient (Wildman–Crippen LogP) is 8.84. The van der Waals surface area contributed by atoms with Crippen molar-refractivity contribution in [2.45, 2.75) is 124 Å². The molecule has 0 bridgehead atoms. The van der Waals surface area contributed by atoms with Gasteiger partial charge in [0, 0.05) is 23.8 Å². The Morgan fingerprint density at radius 1 is 0.882 bits per heavy atom. The van der Waals surface area contributed by atoms with Crippen LogP contribution in [0.1, 0.15) is 105 Å². The van der Waals surface area contributed by atoms with Crippen LogP contribution in [0, 0.1) is 30.1 Å². The monoisotopic (exact) mass is 467 g/mol. The molecule has 0 aromatic heterocycles. The molecule has 2 N–H and O–H groups in total. The fraction of sp³-hybridized carbons (Fsp3) is 0.719. The third-order valence-electron chi connectivity index (χ3n) is 7.29. The maximum absolute atomic E-state index is 3.85. The first kappa shape index (κ1) is 29.0. The Morgan fingerprint density at radius 2 is 1.56 bits per heavy atom. The fourth-order valence-corrected chi connectivity index (χ4v) is 5.73. The molecule has 1 aromatic rings. The molecule has 5 unspecified atom stereocenters. The highest BCUT2D eigenvalue weighted by molar-refractivity contribution is 5.45. The summed E-state index contributed by atoms with van der Waals surface area (Å²) in [5.41, 5.74) is 2.73. The van der Waals surface area contributed by atoms with Crippen LogP contribution in [0.3, 0.4) is 0 Å². The number of aryl methyl sites for hydroxylation is 1. The van der Waals surface area contributed by atoms with Crippen LogP contribution in [-0.4, -0.2) is 18.1 Å². The first-order valence-corrected chi connectivity index (χ1v) is 14.4. The summed E-state index contributed by atoms with van der Waals surface area (Å²) in [6.07, 6.45) is 18.9. The van der Waals surface area contributed by atoms with E-state index in [1.54, 1.807) is 0 Å². The minimum absolute atomic E-state index is 0.522. The second-order valence-electron chi connectivity index (χ2n) is 11.9. The van der Waals surface area contributed by atoms with Crippen molar-refractivity contribution >= 4 is 5.69 Å². The summed E-state index contributed by atoms with van der Waals surface area (Å²) in [5.74, 6) is 2.98. The highest BCUT2D eigenvalue weighted by Gasteiger charge is 2.24. The lowest BCUT2D eigenvalue weighted by Crippen LogP contribution is -2.38. The van der Waals surface area contributed by atoms with E-state index in [-0.39, 0.29) is 0 Å². The Hall–Kier alpha value is -1.28. The number of unbranched alkanes of at least 4 members (excludes halogenated alkanes) is 2. The van der Waals surface area contributed by atoms with Gasteiger partial charge < -0.3 is 10.6 Å². The molecule has 2 heteroatoms. The molecule has 2 rings (SSSR count). The molecule has 0 amide bonds. The molecule has 34 heavy (non-hydrogen) atoms. The van der Waals surface area contributed by atoms with E-state index in [0.717, 1.165) is 23.7 Å². The first-order valence-electron chi connectivity index (χ1n) is 14.4. The highest BCUT2D eigenvalue weighted by Crippen LogP contribution is 2.32. The van der Waals surface area contributed by atoms with Crippen LogP contribution in [0.25, 0.3) is 0 Å². The smallest absolute Gasteiger partial charge is 0.0342 e. The molecule has 0 fully saturated rings. The quantitative estimate of drug-likeness (QED) is 0.187. The summed E-state index contributed by atoms with van der Waals surface area (Å²) >= 11 is 0. The summed E-state index contributed by atoms with van der Waals surface area (Å²) in [6.45, 7) is 16.1. The van der Waals surface area contributed by atoms with Crippen molar-refractivity contribution in [3.63, 3.8) is 0 Å². The zero-order chi connectivity index (χ0) is 24.9. The molecule has 5 atom stereocenters. The topological polar surface area (TPSA) is 24.1 Å². The minimum atomic E-state index is 0.522. The zero-order valence-corrected chi connectivity index (χ0v) is 23.4. The first-order chi connectivity index (χ1) is 16.3. The van der Waals surface area contributed by atoms with Crippen molar-refractivity contribution in [2.75, 3.05) is 5.32 Å². The Morgan fingerprint density at radius 3 is 2.15 bits per heavy atom. The van der Waals surface area contributed by atoms with Gasteiger partial charge in [0.2, 0.25) is 0 Å². The number of benzene rings is 1. The van der Waals surface area contributed by atoms with Crippen LogP contribution in [-0.2, 0) is 6.42 Å². The number of allylic oxidation sites excluding steroid dienone is 1. The summed E-state index contributed by atoms with van der Waals surface area (Å²) in [7, 11) is 0. The number of hydrogen-bond donors (Lipinski definition) is 2. The number of nitrogens with one attached hydrogen (secondary N) is 2. The van der Waals surface area contributed by atoms with Crippen LogP contribution in [0.15, 0.2) is 36.4 Å². The molecule has 1 aliphatic carbocycles. The maximum atomic E-state index is 3.85. The molecule has 0 aliphatic heterocycles. The van der Waals surface area contributed by atoms with Gasteiger partial charge in [-0.15, -0.1) is 0 Å². The lowest BCUT2D eigenvalue weighted by atomic mass is 9.77. The van der Waals surface area contributed by atoms with Crippen LogP contribution in [0.2, 0.25) is 0 Å². The van der Waals surface area contributed by atoms with Crippen molar-refractivity contribution in [1.82, 2.24) is 5.32 Å². The van der Waals surface area contributed by atoms with Gasteiger partial charge in [0.05, 0.1) is 0 Å². The van der Waals surface area contributed by atoms with E-state index in [0.29, 0.717) is 18.1 Å². The molecule has 1 aromatic carbocycles. The number of rotatable bonds is 16. The van der Waals surface area contributed by atoms with Crippen LogP contribution in [0.5, 0.6) is 0 Å². The van der Waals surface area contributed by atoms with E-state index in [2.05, 4.69) is 102 Å². The van der Waals surface area contributed by atoms with Gasteiger partial charge in [-0.25, -0.2) is 0 Å². The molecular weight excluding hydrogens is 412 g/mol. The standard InChI is InChI=1S/C32H55N2/c1-8-9-10-11-29(30-16-20-32(21-17-30)34-27(7)23-25(4)5)15-12-28-13-18-31(19-14-28)33-26(6)22-24(2)3/h10,13-14,16,18-20,24-27,29-30,32-34H,8-9,11-12,15,17,21-23H2,1-7H3. The van der Waals surface area contributed by atoms with Gasteiger partial charge in [0.1, 0.15) is 0 Å². The van der Waals surface area contributed by atoms with E-state index < -0.39 is 0 Å². The highest BCUT2D eigenvalue weighted by atomic mass is 14.9. The lowest BCUT2D eigenvalue weighted by Gasteiger charge is -2.32. The van der Waals surface area contributed by atoms with E-state index in [1.165, 1.54) is 69.0 Å². The molecular formula is C32H55N2. The van der Waals surface area contributed by atoms with Gasteiger partial charge in [0.25, 0.3) is 0 Å². The number of hydrogen-bond acceptors (Lipinski definition) is 2. The lowest BCUT2D eigenvalue weighted by molar-refractivity contribution is 0.304. The Bertz CT molecular complexity index is 675. The van der Waals surface area contributed by atoms with Gasteiger partial charge >= 0.3 is 0 Å². The minimum Gasteiger partial charge on any atom is -0.383 e. The van der Waals surface area contributed by atoms with E-state index >= 15 is 0 Å². The summed E-state index contributed by atoms with van der Waals surface area (Å²) in [5, 5.41) is 7.51. The molecule has 0 saturated heterocycles. The van der Waals surface area contributed by atoms with Crippen molar-refractivity contribution in [1.29, 1.82) is 0 Å². The molecule has 2 nitrogen and oxygen atoms in total. The molecule has 0 heterocycles. The van der Waals surface area contributed by atoms with E-state index in [4.69, 9.17) is 0 Å². The second-order valence-corrected chi connectivity index (χ2v) is 11.9. The molecule has 0 saturated carbocycles. The Labute approximate surface area is 212 Å². The summed E-state index contributed by atoms with van der Waals surface area (Å²) < 4.78 is 0. The molecule has 0 spiro atoms. The van der Waals surface area contributed by atoms with Crippen molar-refractivity contribution in [3.05, 3.63) is 48.4 Å². The average molecular weight is 468 g/mol. The van der Waals surface area contributed by atoms with E-state index in [9.17, 15) is 0 Å². The number of anilines is 1. The van der Waals surface area contributed by atoms with Crippen molar-refractivity contribution < 1.29 is 0 Å². The zero-order valence-electron chi connectivity index (χ0n) is 23.4. The molecule has 1 aliphatic rings. The van der Waals surface area contributed by atoms with E-state index in [1.807, 2.05) is 0 Å². The summed E-state index contributed by atoms with van der Waals surface area (Å²) in [4.78, 5) is 0. The largest absolute Gasteiger partial charge is 0.383 e. The second kappa shape index (κ2) is 15.7. The normalized spacial score (nSPS) is 21.1. The average Bonchev–Trinajstić information content (AvgIpc) is 2.76. The maximum Gasteiger partial charge on any atom is 0.0342 e. The molecule has 1 radical (unpaired) electrons. The third kappa shape index (κ3) is 11.4. The van der Waals surface area contributed by atoms with Crippen LogP contribution in [0.4, 0.5) is 5.69 Å². The van der Waals surface area contributed by atoms with Gasteiger partial charge in [-0.05, 0) is 107 Å². The van der Waals surface area contributed by atoms with Crippen molar-refractivity contribution in [3.8, 4) is 0 Å². The van der Waals surface area contributed by atoms with Gasteiger partial charge in [-0.2, -0.15) is 0 Å². The Kier molecular flexibility index (Phi) is 13.3. The van der Waals surface area contributed by atoms with Crippen molar-refractivity contribution in [2.24, 2.45) is 23.7 Å². The summed E-state index contributed by atoms with van der Waals surface area (Å²) in [6, 6.07) is 10.9. The van der Waals surface area contributed by atoms with Gasteiger partial charge in [-0.1, -0.05) is 71.7 Å². The van der Waals surface area contributed by atoms with Gasteiger partial charge in [-0.3, -0.25) is 0 Å². The predicted molar refractivity (Wildman–Crippen MR) is 152 cm³/mol. The van der Waals surface area contributed by atoms with Crippen LogP contribution < -0.4 is 10.6 Å². The van der Waals surface area contributed by atoms with Gasteiger partial charge in [0.15, 0.2) is 0 Å². The fourth-order valence-electron chi connectivity index (χ4n) is 5.73. The Balaban J connectivity index is 1.89. The third-order valence-corrected chi connectivity index (χ3v) is 7.29. The van der Waals surface area contributed by atoms with Crippen LogP contribution >= 0.6 is 0 Å². The molecule has 193 valence electrons. The SMILES string of the molecule is CCC[CH]CC(CCc1ccc(NC(C)CC(C)C)cc1)C1C=CC(NC(C)CC(C)C)CC1.